The van der Waals surface area contributed by atoms with Crippen LogP contribution in [0.2, 0.25) is 0 Å². The SMILES string of the molecule is CN=C(NCCN1CCN(C(=O)C2CCCC2)CC1)N1CCC(COC)C1. The molecule has 1 N–H and O–H groups in total. The van der Waals surface area contributed by atoms with Gasteiger partial charge in [-0.15, -0.1) is 0 Å². The van der Waals surface area contributed by atoms with Crippen molar-refractivity contribution < 1.29 is 9.53 Å². The van der Waals surface area contributed by atoms with Crippen LogP contribution < -0.4 is 5.32 Å². The van der Waals surface area contributed by atoms with Crippen LogP contribution in [0.25, 0.3) is 0 Å². The van der Waals surface area contributed by atoms with Crippen molar-refractivity contribution in [2.75, 3.05) is 73.1 Å². The highest BCUT2D eigenvalue weighted by molar-refractivity contribution is 5.80. The standard InChI is InChI=1S/C20H37N5O2/c1-21-20(25-9-7-17(15-25)16-27-2)22-8-10-23-11-13-24(14-12-23)19(26)18-5-3-4-6-18/h17-18H,3-16H2,1-2H3,(H,21,22). The van der Waals surface area contributed by atoms with Crippen molar-refractivity contribution in [1.82, 2.24) is 20.0 Å². The van der Waals surface area contributed by atoms with Crippen molar-refractivity contribution in [3.63, 3.8) is 0 Å². The monoisotopic (exact) mass is 379 g/mol. The smallest absolute Gasteiger partial charge is 0.225 e. The quantitative estimate of drug-likeness (QED) is 0.548. The van der Waals surface area contributed by atoms with E-state index in [0.29, 0.717) is 17.7 Å². The molecule has 1 atom stereocenters. The second kappa shape index (κ2) is 10.3. The first-order valence-corrected chi connectivity index (χ1v) is 10.7. The van der Waals surface area contributed by atoms with E-state index in [1.54, 1.807) is 7.11 Å². The minimum absolute atomic E-state index is 0.309. The van der Waals surface area contributed by atoms with Gasteiger partial charge in [0, 0.05) is 78.4 Å². The van der Waals surface area contributed by atoms with E-state index in [1.165, 1.54) is 19.3 Å². The zero-order chi connectivity index (χ0) is 19.1. The minimum atomic E-state index is 0.309. The zero-order valence-electron chi connectivity index (χ0n) is 17.2. The topological polar surface area (TPSA) is 60.4 Å². The van der Waals surface area contributed by atoms with Crippen LogP contribution >= 0.6 is 0 Å². The number of guanidine groups is 1. The van der Waals surface area contributed by atoms with Crippen molar-refractivity contribution >= 4 is 11.9 Å². The number of amides is 1. The molecule has 0 aromatic rings. The highest BCUT2D eigenvalue weighted by atomic mass is 16.5. The molecule has 1 saturated carbocycles. The molecule has 2 saturated heterocycles. The Morgan fingerprint density at radius 1 is 1.07 bits per heavy atom. The van der Waals surface area contributed by atoms with E-state index in [4.69, 9.17) is 4.74 Å². The maximum Gasteiger partial charge on any atom is 0.225 e. The van der Waals surface area contributed by atoms with Crippen LogP contribution in [0, 0.1) is 11.8 Å². The minimum Gasteiger partial charge on any atom is -0.384 e. The number of rotatable bonds is 6. The predicted octanol–water partition coefficient (Wildman–Crippen LogP) is 0.865. The Bertz CT molecular complexity index is 499. The molecule has 2 heterocycles. The van der Waals surface area contributed by atoms with Crippen molar-refractivity contribution in [1.29, 1.82) is 0 Å². The molecule has 1 amide bonds. The Labute approximate surface area is 164 Å². The van der Waals surface area contributed by atoms with E-state index in [-0.39, 0.29) is 0 Å². The first kappa shape index (κ1) is 20.4. The average Bonchev–Trinajstić information content (AvgIpc) is 3.38. The summed E-state index contributed by atoms with van der Waals surface area (Å²) in [7, 11) is 3.64. The summed E-state index contributed by atoms with van der Waals surface area (Å²) in [6, 6.07) is 0. The van der Waals surface area contributed by atoms with E-state index >= 15 is 0 Å². The molecule has 3 aliphatic rings. The number of aliphatic imine (C=N–C) groups is 1. The molecule has 0 spiro atoms. The fourth-order valence-corrected chi connectivity index (χ4v) is 4.68. The summed E-state index contributed by atoms with van der Waals surface area (Å²) in [4.78, 5) is 23.9. The lowest BCUT2D eigenvalue weighted by Gasteiger charge is -2.36. The van der Waals surface area contributed by atoms with Crippen molar-refractivity contribution in [3.8, 4) is 0 Å². The highest BCUT2D eigenvalue weighted by Crippen LogP contribution is 2.26. The van der Waals surface area contributed by atoms with Gasteiger partial charge in [-0.05, 0) is 19.3 Å². The molecule has 1 unspecified atom stereocenters. The van der Waals surface area contributed by atoms with Gasteiger partial charge in [0.1, 0.15) is 0 Å². The lowest BCUT2D eigenvalue weighted by molar-refractivity contribution is -0.137. The van der Waals surface area contributed by atoms with Gasteiger partial charge in [-0.3, -0.25) is 14.7 Å². The Morgan fingerprint density at radius 3 is 2.48 bits per heavy atom. The summed E-state index contributed by atoms with van der Waals surface area (Å²) in [5.41, 5.74) is 0. The van der Waals surface area contributed by atoms with Crippen LogP contribution in [0.1, 0.15) is 32.1 Å². The molecule has 0 bridgehead atoms. The molecule has 7 nitrogen and oxygen atoms in total. The van der Waals surface area contributed by atoms with Gasteiger partial charge in [0.2, 0.25) is 5.91 Å². The summed E-state index contributed by atoms with van der Waals surface area (Å²) in [6.45, 7) is 8.54. The maximum absolute atomic E-state index is 12.5. The maximum atomic E-state index is 12.5. The molecule has 0 aromatic carbocycles. The summed E-state index contributed by atoms with van der Waals surface area (Å²) in [5, 5.41) is 3.51. The van der Waals surface area contributed by atoms with Crippen LogP contribution in [-0.2, 0) is 9.53 Å². The number of hydrogen-bond donors (Lipinski definition) is 1. The van der Waals surface area contributed by atoms with E-state index in [9.17, 15) is 4.79 Å². The van der Waals surface area contributed by atoms with Crippen LogP contribution in [0.3, 0.4) is 0 Å². The first-order valence-electron chi connectivity index (χ1n) is 10.7. The molecule has 154 valence electrons. The number of carbonyl (C=O) groups is 1. The third kappa shape index (κ3) is 5.57. The molecule has 2 aliphatic heterocycles. The predicted molar refractivity (Wildman–Crippen MR) is 108 cm³/mol. The molecule has 0 aromatic heterocycles. The molecule has 1 aliphatic carbocycles. The highest BCUT2D eigenvalue weighted by Gasteiger charge is 2.29. The fourth-order valence-electron chi connectivity index (χ4n) is 4.68. The first-order chi connectivity index (χ1) is 13.2. The van der Waals surface area contributed by atoms with E-state index in [1.807, 2.05) is 7.05 Å². The Balaban J connectivity index is 1.33. The molecular formula is C20H37N5O2. The van der Waals surface area contributed by atoms with Crippen LogP contribution in [0.15, 0.2) is 4.99 Å². The van der Waals surface area contributed by atoms with Gasteiger partial charge in [-0.2, -0.15) is 0 Å². The third-order valence-electron chi connectivity index (χ3n) is 6.30. The van der Waals surface area contributed by atoms with Crippen molar-refractivity contribution in [3.05, 3.63) is 0 Å². The van der Waals surface area contributed by atoms with Crippen molar-refractivity contribution in [2.24, 2.45) is 16.8 Å². The molecule has 0 radical (unpaired) electrons. The van der Waals surface area contributed by atoms with E-state index in [2.05, 4.69) is 25.0 Å². The number of nitrogens with one attached hydrogen (secondary N) is 1. The molecule has 3 rings (SSSR count). The summed E-state index contributed by atoms with van der Waals surface area (Å²) < 4.78 is 5.28. The normalized spacial score (nSPS) is 25.4. The molecule has 27 heavy (non-hydrogen) atoms. The van der Waals surface area contributed by atoms with Gasteiger partial charge in [-0.1, -0.05) is 12.8 Å². The van der Waals surface area contributed by atoms with Gasteiger partial charge >= 0.3 is 0 Å². The van der Waals surface area contributed by atoms with Crippen LogP contribution in [0.5, 0.6) is 0 Å². The number of likely N-dealkylation sites (tertiary alicyclic amines) is 1. The molecule has 7 heteroatoms. The number of carbonyl (C=O) groups excluding carboxylic acids is 1. The second-order valence-corrected chi connectivity index (χ2v) is 8.18. The summed E-state index contributed by atoms with van der Waals surface area (Å²) >= 11 is 0. The van der Waals surface area contributed by atoms with Gasteiger partial charge < -0.3 is 19.9 Å². The summed E-state index contributed by atoms with van der Waals surface area (Å²) in [6.07, 6.45) is 5.83. The van der Waals surface area contributed by atoms with E-state index in [0.717, 1.165) is 77.8 Å². The number of hydrogen-bond acceptors (Lipinski definition) is 4. The third-order valence-corrected chi connectivity index (χ3v) is 6.30. The van der Waals surface area contributed by atoms with Gasteiger partial charge in [-0.25, -0.2) is 0 Å². The second-order valence-electron chi connectivity index (χ2n) is 8.18. The van der Waals surface area contributed by atoms with Crippen LogP contribution in [0.4, 0.5) is 0 Å². The average molecular weight is 380 g/mol. The number of piperazine rings is 1. The number of ether oxygens (including phenoxy) is 1. The Morgan fingerprint density at radius 2 is 1.81 bits per heavy atom. The van der Waals surface area contributed by atoms with Gasteiger partial charge in [0.25, 0.3) is 0 Å². The molecular weight excluding hydrogens is 342 g/mol. The van der Waals surface area contributed by atoms with E-state index < -0.39 is 0 Å². The van der Waals surface area contributed by atoms with Gasteiger partial charge in [0.15, 0.2) is 5.96 Å². The largest absolute Gasteiger partial charge is 0.384 e. The number of methoxy groups -OCH3 is 1. The Hall–Kier alpha value is -1.34. The lowest BCUT2D eigenvalue weighted by atomic mass is 10.1. The lowest BCUT2D eigenvalue weighted by Crippen LogP contribution is -2.52. The fraction of sp³-hybridized carbons (Fsp3) is 0.900. The van der Waals surface area contributed by atoms with Crippen molar-refractivity contribution in [2.45, 2.75) is 32.1 Å². The van der Waals surface area contributed by atoms with Crippen LogP contribution in [-0.4, -0.2) is 99.7 Å². The molecule has 3 fully saturated rings. The zero-order valence-corrected chi connectivity index (χ0v) is 17.2. The summed E-state index contributed by atoms with van der Waals surface area (Å²) in [5.74, 6) is 2.33. The number of nitrogens with zero attached hydrogens (tertiary/aromatic N) is 4. The van der Waals surface area contributed by atoms with Gasteiger partial charge in [0.05, 0.1) is 6.61 Å². The Kier molecular flexibility index (Phi) is 7.76.